The molecule has 0 saturated carbocycles. The van der Waals surface area contributed by atoms with E-state index in [0.717, 1.165) is 26.2 Å². The topological polar surface area (TPSA) is 19.4 Å². The lowest BCUT2D eigenvalue weighted by molar-refractivity contribution is 0.287. The van der Waals surface area contributed by atoms with Crippen LogP contribution in [0.1, 0.15) is 17.0 Å². The van der Waals surface area contributed by atoms with Gasteiger partial charge >= 0.3 is 0 Å². The Morgan fingerprint density at radius 3 is 2.70 bits per heavy atom. The van der Waals surface area contributed by atoms with E-state index in [0.29, 0.717) is 0 Å². The first-order valence-electron chi connectivity index (χ1n) is 7.24. The van der Waals surface area contributed by atoms with Crippen LogP contribution >= 0.6 is 11.3 Å². The van der Waals surface area contributed by atoms with E-state index < -0.39 is 0 Å². The molecule has 1 aliphatic heterocycles. The van der Waals surface area contributed by atoms with Crippen molar-refractivity contribution >= 4 is 17.0 Å². The molecule has 106 valence electrons. The zero-order valence-electron chi connectivity index (χ0n) is 12.0. The fourth-order valence-electron chi connectivity index (χ4n) is 2.71. The number of hydrogen-bond acceptors (Lipinski definition) is 4. The lowest BCUT2D eigenvalue weighted by Crippen LogP contribution is -2.30. The summed E-state index contributed by atoms with van der Waals surface area (Å²) in [4.78, 5) is 10.8. The van der Waals surface area contributed by atoms with Gasteiger partial charge in [-0.1, -0.05) is 18.2 Å². The van der Waals surface area contributed by atoms with Gasteiger partial charge in [0.25, 0.3) is 0 Å². The van der Waals surface area contributed by atoms with Crippen LogP contribution in [0, 0.1) is 6.92 Å². The van der Waals surface area contributed by atoms with Crippen LogP contribution in [0.2, 0.25) is 0 Å². The fourth-order valence-corrected chi connectivity index (χ4v) is 3.53. The van der Waals surface area contributed by atoms with Gasteiger partial charge in [-0.05, 0) is 25.5 Å². The molecule has 1 saturated heterocycles. The van der Waals surface area contributed by atoms with E-state index in [1.54, 1.807) is 11.3 Å². The number of benzene rings is 1. The van der Waals surface area contributed by atoms with Gasteiger partial charge in [0.15, 0.2) is 0 Å². The Labute approximate surface area is 124 Å². The molecule has 0 radical (unpaired) electrons. The minimum Gasteiger partial charge on any atom is -0.370 e. The molecule has 0 atom stereocenters. The Bertz CT molecular complexity index is 538. The maximum atomic E-state index is 4.35. The standard InChI is InChI=1S/C16H21N3S/c1-14-16(20-13-17-14)12-18-8-5-9-19(11-10-18)15-6-3-2-4-7-15/h2-4,6-7,13H,5,8-12H2,1H3. The first kappa shape index (κ1) is 13.6. The van der Waals surface area contributed by atoms with Crippen molar-refractivity contribution in [2.75, 3.05) is 31.1 Å². The molecule has 3 rings (SSSR count). The zero-order chi connectivity index (χ0) is 13.8. The van der Waals surface area contributed by atoms with Gasteiger partial charge in [0.05, 0.1) is 11.2 Å². The third-order valence-corrected chi connectivity index (χ3v) is 4.84. The summed E-state index contributed by atoms with van der Waals surface area (Å²) >= 11 is 1.78. The average molecular weight is 287 g/mol. The first-order chi connectivity index (χ1) is 9.83. The molecule has 0 spiro atoms. The summed E-state index contributed by atoms with van der Waals surface area (Å²) in [6.45, 7) is 7.75. The van der Waals surface area contributed by atoms with E-state index in [1.807, 2.05) is 5.51 Å². The molecule has 3 nitrogen and oxygen atoms in total. The van der Waals surface area contributed by atoms with Crippen LogP contribution in [-0.2, 0) is 6.54 Å². The highest BCUT2D eigenvalue weighted by Crippen LogP contribution is 2.19. The van der Waals surface area contributed by atoms with Gasteiger partial charge in [-0.3, -0.25) is 4.90 Å². The van der Waals surface area contributed by atoms with Gasteiger partial charge in [-0.2, -0.15) is 0 Å². The monoisotopic (exact) mass is 287 g/mol. The zero-order valence-corrected chi connectivity index (χ0v) is 12.8. The summed E-state index contributed by atoms with van der Waals surface area (Å²) in [5.41, 5.74) is 4.50. The number of thiazole rings is 1. The molecule has 0 aliphatic carbocycles. The van der Waals surface area contributed by atoms with E-state index in [9.17, 15) is 0 Å². The number of aromatic nitrogens is 1. The smallest absolute Gasteiger partial charge is 0.0798 e. The van der Waals surface area contributed by atoms with E-state index in [-0.39, 0.29) is 0 Å². The average Bonchev–Trinajstić information content (AvgIpc) is 2.75. The van der Waals surface area contributed by atoms with Crippen LogP contribution in [-0.4, -0.2) is 36.1 Å². The predicted octanol–water partition coefficient (Wildman–Crippen LogP) is 3.16. The lowest BCUT2D eigenvalue weighted by atomic mass is 10.3. The molecular formula is C16H21N3S. The minimum absolute atomic E-state index is 1.05. The summed E-state index contributed by atoms with van der Waals surface area (Å²) in [6.07, 6.45) is 1.23. The van der Waals surface area contributed by atoms with Gasteiger partial charge in [0.1, 0.15) is 0 Å². The molecular weight excluding hydrogens is 266 g/mol. The quantitative estimate of drug-likeness (QED) is 0.864. The van der Waals surface area contributed by atoms with Crippen molar-refractivity contribution < 1.29 is 0 Å². The number of nitrogens with zero attached hydrogens (tertiary/aromatic N) is 3. The Morgan fingerprint density at radius 2 is 1.95 bits per heavy atom. The Morgan fingerprint density at radius 1 is 1.10 bits per heavy atom. The third-order valence-electron chi connectivity index (χ3n) is 3.92. The van der Waals surface area contributed by atoms with Crippen LogP contribution in [0.15, 0.2) is 35.8 Å². The molecule has 0 unspecified atom stereocenters. The summed E-state index contributed by atoms with van der Waals surface area (Å²) in [6, 6.07) is 10.8. The van der Waals surface area contributed by atoms with E-state index >= 15 is 0 Å². The second-order valence-corrected chi connectivity index (χ2v) is 6.25. The molecule has 2 heterocycles. The Kier molecular flexibility index (Phi) is 4.33. The van der Waals surface area contributed by atoms with Crippen LogP contribution < -0.4 is 4.90 Å². The Hall–Kier alpha value is -1.39. The van der Waals surface area contributed by atoms with Crippen molar-refractivity contribution in [3.05, 3.63) is 46.4 Å². The number of aryl methyl sites for hydroxylation is 1. The maximum absolute atomic E-state index is 4.35. The number of anilines is 1. The molecule has 1 fully saturated rings. The second kappa shape index (κ2) is 6.37. The van der Waals surface area contributed by atoms with Crippen molar-refractivity contribution in [3.8, 4) is 0 Å². The van der Waals surface area contributed by atoms with E-state index in [2.05, 4.69) is 52.0 Å². The maximum Gasteiger partial charge on any atom is 0.0798 e. The van der Waals surface area contributed by atoms with Crippen molar-refractivity contribution in [1.29, 1.82) is 0 Å². The van der Waals surface area contributed by atoms with Gasteiger partial charge in [-0.15, -0.1) is 11.3 Å². The van der Waals surface area contributed by atoms with Crippen LogP contribution in [0.5, 0.6) is 0 Å². The normalized spacial score (nSPS) is 17.1. The highest BCUT2D eigenvalue weighted by Gasteiger charge is 2.16. The Balaban J connectivity index is 1.61. The molecule has 20 heavy (non-hydrogen) atoms. The molecule has 1 aliphatic rings. The molecule has 2 aromatic rings. The van der Waals surface area contributed by atoms with Crippen molar-refractivity contribution in [2.45, 2.75) is 19.9 Å². The summed E-state index contributed by atoms with van der Waals surface area (Å²) in [5, 5.41) is 0. The molecule has 1 aromatic carbocycles. The molecule has 0 amide bonds. The fraction of sp³-hybridized carbons (Fsp3) is 0.438. The number of rotatable bonds is 3. The van der Waals surface area contributed by atoms with Crippen LogP contribution in [0.25, 0.3) is 0 Å². The largest absolute Gasteiger partial charge is 0.370 e. The second-order valence-electron chi connectivity index (χ2n) is 5.31. The highest BCUT2D eigenvalue weighted by atomic mass is 32.1. The van der Waals surface area contributed by atoms with Crippen molar-refractivity contribution in [2.24, 2.45) is 0 Å². The third kappa shape index (κ3) is 3.19. The SMILES string of the molecule is Cc1ncsc1CN1CCCN(c2ccccc2)CC1. The van der Waals surface area contributed by atoms with Gasteiger partial charge in [-0.25, -0.2) is 4.98 Å². The van der Waals surface area contributed by atoms with Crippen molar-refractivity contribution in [1.82, 2.24) is 9.88 Å². The molecule has 0 bridgehead atoms. The predicted molar refractivity (Wildman–Crippen MR) is 85.4 cm³/mol. The summed E-state index contributed by atoms with van der Waals surface area (Å²) in [5.74, 6) is 0. The lowest BCUT2D eigenvalue weighted by Gasteiger charge is -2.23. The van der Waals surface area contributed by atoms with Crippen LogP contribution in [0.4, 0.5) is 5.69 Å². The van der Waals surface area contributed by atoms with E-state index in [4.69, 9.17) is 0 Å². The number of hydrogen-bond donors (Lipinski definition) is 0. The van der Waals surface area contributed by atoms with E-state index in [1.165, 1.54) is 29.2 Å². The van der Waals surface area contributed by atoms with Gasteiger partial charge < -0.3 is 4.90 Å². The van der Waals surface area contributed by atoms with Crippen LogP contribution in [0.3, 0.4) is 0 Å². The van der Waals surface area contributed by atoms with Gasteiger partial charge in [0.2, 0.25) is 0 Å². The first-order valence-corrected chi connectivity index (χ1v) is 8.12. The molecule has 4 heteroatoms. The molecule has 1 aromatic heterocycles. The minimum atomic E-state index is 1.05. The van der Waals surface area contributed by atoms with Crippen molar-refractivity contribution in [3.63, 3.8) is 0 Å². The molecule has 0 N–H and O–H groups in total. The number of para-hydroxylation sites is 1. The summed E-state index contributed by atoms with van der Waals surface area (Å²) < 4.78 is 0. The highest BCUT2D eigenvalue weighted by molar-refractivity contribution is 7.09. The summed E-state index contributed by atoms with van der Waals surface area (Å²) in [7, 11) is 0. The van der Waals surface area contributed by atoms with Gasteiger partial charge in [0, 0.05) is 43.3 Å².